The van der Waals surface area contributed by atoms with Crippen molar-refractivity contribution in [2.24, 2.45) is 0 Å². The van der Waals surface area contributed by atoms with Crippen LogP contribution < -0.4 is 4.74 Å². The van der Waals surface area contributed by atoms with E-state index in [4.69, 9.17) is 9.47 Å². The molecule has 4 heteroatoms. The number of esters is 1. The molecule has 1 aromatic carbocycles. The van der Waals surface area contributed by atoms with Crippen LogP contribution in [0, 0.1) is 0 Å². The number of aldehydes is 1. The maximum Gasteiger partial charge on any atom is 0.349 e. The smallest absolute Gasteiger partial charge is 0.349 e. The summed E-state index contributed by atoms with van der Waals surface area (Å²) in [6, 6.07) is 6.74. The summed E-state index contributed by atoms with van der Waals surface area (Å²) in [5, 5.41) is 0. The molecule has 0 aliphatic heterocycles. The van der Waals surface area contributed by atoms with E-state index in [1.54, 1.807) is 45.0 Å². The summed E-state index contributed by atoms with van der Waals surface area (Å²) in [5.74, 6) is -0.0822. The second-order valence-corrected chi connectivity index (χ2v) is 3.99. The molecule has 4 nitrogen and oxygen atoms in total. The Labute approximate surface area is 101 Å². The van der Waals surface area contributed by atoms with E-state index in [0.29, 0.717) is 24.2 Å². The third kappa shape index (κ3) is 3.31. The lowest BCUT2D eigenvalue weighted by molar-refractivity contribution is -0.158. The molecule has 92 valence electrons. The summed E-state index contributed by atoms with van der Waals surface area (Å²) in [6.07, 6.45) is 0.691. The van der Waals surface area contributed by atoms with Gasteiger partial charge < -0.3 is 9.47 Å². The lowest BCUT2D eigenvalue weighted by atomic mass is 10.1. The quantitative estimate of drug-likeness (QED) is 0.581. The number of rotatable bonds is 5. The van der Waals surface area contributed by atoms with Gasteiger partial charge in [-0.15, -0.1) is 0 Å². The summed E-state index contributed by atoms with van der Waals surface area (Å²) in [7, 11) is 0. The lowest BCUT2D eigenvalue weighted by Gasteiger charge is -2.24. The first-order chi connectivity index (χ1) is 8.01. The van der Waals surface area contributed by atoms with E-state index < -0.39 is 11.6 Å². The molecule has 0 atom stereocenters. The molecule has 1 aromatic rings. The van der Waals surface area contributed by atoms with Crippen LogP contribution in [0.5, 0.6) is 5.75 Å². The van der Waals surface area contributed by atoms with Crippen LogP contribution in [0.25, 0.3) is 0 Å². The van der Waals surface area contributed by atoms with Crippen molar-refractivity contribution in [3.05, 3.63) is 29.8 Å². The second-order valence-electron chi connectivity index (χ2n) is 3.99. The van der Waals surface area contributed by atoms with Crippen molar-refractivity contribution < 1.29 is 19.1 Å². The van der Waals surface area contributed by atoms with Crippen LogP contribution in [0.4, 0.5) is 0 Å². The highest BCUT2D eigenvalue weighted by molar-refractivity contribution is 5.81. The largest absolute Gasteiger partial charge is 0.475 e. The molecule has 0 amide bonds. The molecule has 0 saturated carbocycles. The van der Waals surface area contributed by atoms with Crippen LogP contribution in [0.1, 0.15) is 31.1 Å². The Morgan fingerprint density at radius 2 is 2.00 bits per heavy atom. The first-order valence-electron chi connectivity index (χ1n) is 5.41. The van der Waals surface area contributed by atoms with E-state index in [0.717, 1.165) is 0 Å². The monoisotopic (exact) mass is 236 g/mol. The van der Waals surface area contributed by atoms with Gasteiger partial charge in [-0.1, -0.05) is 12.1 Å². The predicted molar refractivity (Wildman–Crippen MR) is 63.2 cm³/mol. The molecule has 0 bridgehead atoms. The summed E-state index contributed by atoms with van der Waals surface area (Å²) in [5.41, 5.74) is -0.709. The van der Waals surface area contributed by atoms with Crippen LogP contribution >= 0.6 is 0 Å². The minimum atomic E-state index is -1.12. The van der Waals surface area contributed by atoms with Crippen molar-refractivity contribution in [1.82, 2.24) is 0 Å². The molecule has 17 heavy (non-hydrogen) atoms. The Kier molecular flexibility index (Phi) is 4.26. The lowest BCUT2D eigenvalue weighted by Crippen LogP contribution is -2.40. The molecule has 0 aliphatic carbocycles. The van der Waals surface area contributed by atoms with Gasteiger partial charge in [0.25, 0.3) is 0 Å². The Balaban J connectivity index is 2.89. The highest BCUT2D eigenvalue weighted by atomic mass is 16.6. The number of hydrogen-bond acceptors (Lipinski definition) is 4. The number of para-hydroxylation sites is 1. The number of carbonyl (C=O) groups is 2. The van der Waals surface area contributed by atoms with Crippen LogP contribution in [-0.2, 0) is 9.53 Å². The summed E-state index contributed by atoms with van der Waals surface area (Å²) >= 11 is 0. The fraction of sp³-hybridized carbons (Fsp3) is 0.385. The standard InChI is InChI=1S/C13H16O4/c1-4-16-12(15)13(2,3)17-11-8-6-5-7-10(11)9-14/h5-9H,4H2,1-3H3. The van der Waals surface area contributed by atoms with E-state index in [1.165, 1.54) is 0 Å². The van der Waals surface area contributed by atoms with Crippen LogP contribution in [0.3, 0.4) is 0 Å². The van der Waals surface area contributed by atoms with Gasteiger partial charge in [-0.3, -0.25) is 4.79 Å². The summed E-state index contributed by atoms with van der Waals surface area (Å²) in [6.45, 7) is 5.23. The first kappa shape index (κ1) is 13.2. The number of ether oxygens (including phenoxy) is 2. The first-order valence-corrected chi connectivity index (χ1v) is 5.41. The third-order valence-electron chi connectivity index (χ3n) is 2.18. The highest BCUT2D eigenvalue weighted by Crippen LogP contribution is 2.22. The van der Waals surface area contributed by atoms with Crippen molar-refractivity contribution in [2.45, 2.75) is 26.4 Å². The van der Waals surface area contributed by atoms with Gasteiger partial charge in [0.05, 0.1) is 12.2 Å². The minimum Gasteiger partial charge on any atom is -0.475 e. The highest BCUT2D eigenvalue weighted by Gasteiger charge is 2.32. The summed E-state index contributed by atoms with van der Waals surface area (Å²) < 4.78 is 10.4. The molecular formula is C13H16O4. The van der Waals surface area contributed by atoms with Gasteiger partial charge in [0.15, 0.2) is 11.9 Å². The van der Waals surface area contributed by atoms with Gasteiger partial charge in [0, 0.05) is 0 Å². The number of hydrogen-bond donors (Lipinski definition) is 0. The molecule has 0 N–H and O–H groups in total. The maximum atomic E-state index is 11.6. The average molecular weight is 236 g/mol. The molecular weight excluding hydrogens is 220 g/mol. The van der Waals surface area contributed by atoms with E-state index in [-0.39, 0.29) is 0 Å². The Hall–Kier alpha value is -1.84. The Morgan fingerprint density at radius 3 is 2.59 bits per heavy atom. The molecule has 0 saturated heterocycles. The van der Waals surface area contributed by atoms with Crippen molar-refractivity contribution in [3.63, 3.8) is 0 Å². The van der Waals surface area contributed by atoms with Gasteiger partial charge in [-0.05, 0) is 32.9 Å². The average Bonchev–Trinajstić information content (AvgIpc) is 2.29. The van der Waals surface area contributed by atoms with Crippen LogP contribution in [-0.4, -0.2) is 24.5 Å². The number of benzene rings is 1. The van der Waals surface area contributed by atoms with Crippen molar-refractivity contribution in [3.8, 4) is 5.75 Å². The van der Waals surface area contributed by atoms with E-state index in [2.05, 4.69) is 0 Å². The van der Waals surface area contributed by atoms with Crippen LogP contribution in [0.2, 0.25) is 0 Å². The molecule has 0 heterocycles. The third-order valence-corrected chi connectivity index (χ3v) is 2.18. The van der Waals surface area contributed by atoms with E-state index in [9.17, 15) is 9.59 Å². The fourth-order valence-electron chi connectivity index (χ4n) is 1.29. The van der Waals surface area contributed by atoms with E-state index >= 15 is 0 Å². The molecule has 0 unspecified atom stereocenters. The topological polar surface area (TPSA) is 52.6 Å². The van der Waals surface area contributed by atoms with Gasteiger partial charge in [-0.2, -0.15) is 0 Å². The SMILES string of the molecule is CCOC(=O)C(C)(C)Oc1ccccc1C=O. The van der Waals surface area contributed by atoms with Gasteiger partial charge in [0.2, 0.25) is 0 Å². The molecule has 0 radical (unpaired) electrons. The Morgan fingerprint density at radius 1 is 1.35 bits per heavy atom. The Bertz CT molecular complexity index is 410. The number of carbonyl (C=O) groups excluding carboxylic acids is 2. The molecule has 0 aromatic heterocycles. The molecule has 0 aliphatic rings. The van der Waals surface area contributed by atoms with Gasteiger partial charge in [-0.25, -0.2) is 4.79 Å². The van der Waals surface area contributed by atoms with Crippen molar-refractivity contribution in [2.75, 3.05) is 6.61 Å². The van der Waals surface area contributed by atoms with Crippen LogP contribution in [0.15, 0.2) is 24.3 Å². The molecule has 0 spiro atoms. The van der Waals surface area contributed by atoms with Gasteiger partial charge in [0.1, 0.15) is 5.75 Å². The zero-order valence-corrected chi connectivity index (χ0v) is 10.2. The fourth-order valence-corrected chi connectivity index (χ4v) is 1.29. The predicted octanol–water partition coefficient (Wildman–Crippen LogP) is 2.22. The molecule has 1 rings (SSSR count). The van der Waals surface area contributed by atoms with E-state index in [1.807, 2.05) is 0 Å². The minimum absolute atomic E-state index is 0.293. The summed E-state index contributed by atoms with van der Waals surface area (Å²) in [4.78, 5) is 22.4. The maximum absolute atomic E-state index is 11.6. The van der Waals surface area contributed by atoms with Gasteiger partial charge >= 0.3 is 5.97 Å². The zero-order chi connectivity index (χ0) is 12.9. The normalized spacial score (nSPS) is 10.8. The second kappa shape index (κ2) is 5.48. The zero-order valence-electron chi connectivity index (χ0n) is 10.2. The van der Waals surface area contributed by atoms with Crippen molar-refractivity contribution in [1.29, 1.82) is 0 Å². The van der Waals surface area contributed by atoms with Crippen molar-refractivity contribution >= 4 is 12.3 Å². The molecule has 0 fully saturated rings.